The van der Waals surface area contributed by atoms with Gasteiger partial charge in [-0.15, -0.1) is 0 Å². The van der Waals surface area contributed by atoms with Crippen LogP contribution < -0.4 is 5.32 Å². The lowest BCUT2D eigenvalue weighted by atomic mass is 9.95. The fourth-order valence-electron chi connectivity index (χ4n) is 1.23. The molecule has 0 fully saturated rings. The smallest absolute Gasteiger partial charge is 0.225 e. The van der Waals surface area contributed by atoms with Crippen molar-refractivity contribution in [3.63, 3.8) is 0 Å². The molecule has 1 N–H and O–H groups in total. The molecule has 4 heteroatoms. The van der Waals surface area contributed by atoms with Gasteiger partial charge in [-0.1, -0.05) is 27.7 Å². The standard InChI is InChI=1S/C11H19N3O/c1-5-8(9-12-6-7-13-9)14-10(15)11(2,3)4/h6,8H,5,7H2,1-4H3,(H,14,15). The van der Waals surface area contributed by atoms with E-state index in [4.69, 9.17) is 0 Å². The molecule has 1 heterocycles. The summed E-state index contributed by atoms with van der Waals surface area (Å²) in [7, 11) is 0. The van der Waals surface area contributed by atoms with E-state index in [1.54, 1.807) is 6.21 Å². The average molecular weight is 209 g/mol. The Bertz CT molecular complexity index is 299. The summed E-state index contributed by atoms with van der Waals surface area (Å²) in [5.41, 5.74) is -0.365. The van der Waals surface area contributed by atoms with E-state index in [9.17, 15) is 4.79 Å². The Kier molecular flexibility index (Phi) is 3.61. The zero-order chi connectivity index (χ0) is 11.5. The summed E-state index contributed by atoms with van der Waals surface area (Å²) in [6, 6.07) is -0.0459. The maximum Gasteiger partial charge on any atom is 0.225 e. The van der Waals surface area contributed by atoms with Gasteiger partial charge in [-0.05, 0) is 6.42 Å². The third-order valence-electron chi connectivity index (χ3n) is 2.26. The molecule has 1 unspecified atom stereocenters. The van der Waals surface area contributed by atoms with Crippen molar-refractivity contribution in [2.45, 2.75) is 40.2 Å². The third-order valence-corrected chi connectivity index (χ3v) is 2.26. The lowest BCUT2D eigenvalue weighted by Gasteiger charge is -2.22. The largest absolute Gasteiger partial charge is 0.346 e. The van der Waals surface area contributed by atoms with Crippen molar-refractivity contribution in [2.24, 2.45) is 15.4 Å². The first-order valence-corrected chi connectivity index (χ1v) is 5.33. The predicted octanol–water partition coefficient (Wildman–Crippen LogP) is 1.41. The van der Waals surface area contributed by atoms with Gasteiger partial charge >= 0.3 is 0 Å². The van der Waals surface area contributed by atoms with Gasteiger partial charge in [0.15, 0.2) is 0 Å². The second kappa shape index (κ2) is 4.55. The normalized spacial score (nSPS) is 17.5. The van der Waals surface area contributed by atoms with Gasteiger partial charge in [0, 0.05) is 11.6 Å². The first-order valence-electron chi connectivity index (χ1n) is 5.33. The van der Waals surface area contributed by atoms with E-state index < -0.39 is 0 Å². The summed E-state index contributed by atoms with van der Waals surface area (Å²) in [6.45, 7) is 8.35. The van der Waals surface area contributed by atoms with Crippen LogP contribution in [-0.4, -0.2) is 30.5 Å². The number of carbonyl (C=O) groups is 1. The van der Waals surface area contributed by atoms with E-state index in [2.05, 4.69) is 15.3 Å². The number of carbonyl (C=O) groups excluding carboxylic acids is 1. The van der Waals surface area contributed by atoms with Crippen molar-refractivity contribution in [1.82, 2.24) is 5.32 Å². The van der Waals surface area contributed by atoms with Crippen molar-refractivity contribution in [2.75, 3.05) is 6.54 Å². The number of rotatable bonds is 3. The zero-order valence-electron chi connectivity index (χ0n) is 9.87. The molecule has 84 valence electrons. The quantitative estimate of drug-likeness (QED) is 0.750. The van der Waals surface area contributed by atoms with Gasteiger partial charge in [0.2, 0.25) is 5.91 Å². The Labute approximate surface area is 90.9 Å². The van der Waals surface area contributed by atoms with Gasteiger partial charge in [0.05, 0.1) is 12.6 Å². The van der Waals surface area contributed by atoms with E-state index in [1.165, 1.54) is 0 Å². The maximum absolute atomic E-state index is 11.8. The van der Waals surface area contributed by atoms with Crippen molar-refractivity contribution in [3.05, 3.63) is 0 Å². The first kappa shape index (κ1) is 11.9. The maximum atomic E-state index is 11.8. The van der Waals surface area contributed by atoms with Gasteiger partial charge < -0.3 is 5.32 Å². The highest BCUT2D eigenvalue weighted by Gasteiger charge is 2.25. The summed E-state index contributed by atoms with van der Waals surface area (Å²) in [5.74, 6) is 0.786. The molecule has 4 nitrogen and oxygen atoms in total. The molecule has 1 atom stereocenters. The lowest BCUT2D eigenvalue weighted by Crippen LogP contribution is -2.44. The molecule has 1 aliphatic heterocycles. The highest BCUT2D eigenvalue weighted by molar-refractivity contribution is 6.00. The molecule has 1 rings (SSSR count). The molecule has 0 saturated heterocycles. The Hall–Kier alpha value is -1.19. The van der Waals surface area contributed by atoms with Crippen LogP contribution in [0.3, 0.4) is 0 Å². The number of hydrogen-bond donors (Lipinski definition) is 1. The highest BCUT2D eigenvalue weighted by Crippen LogP contribution is 2.14. The van der Waals surface area contributed by atoms with Crippen LogP contribution in [0.25, 0.3) is 0 Å². The van der Waals surface area contributed by atoms with Crippen LogP contribution in [0.5, 0.6) is 0 Å². The van der Waals surface area contributed by atoms with Gasteiger partial charge in [-0.2, -0.15) is 0 Å². The van der Waals surface area contributed by atoms with Gasteiger partial charge in [0.1, 0.15) is 5.84 Å². The van der Waals surface area contributed by atoms with Crippen LogP contribution in [0.4, 0.5) is 0 Å². The van der Waals surface area contributed by atoms with Crippen molar-refractivity contribution >= 4 is 18.0 Å². The minimum absolute atomic E-state index is 0.0409. The molecule has 0 bridgehead atoms. The van der Waals surface area contributed by atoms with Gasteiger partial charge in [-0.3, -0.25) is 9.79 Å². The zero-order valence-corrected chi connectivity index (χ0v) is 9.87. The van der Waals surface area contributed by atoms with Crippen molar-refractivity contribution in [1.29, 1.82) is 0 Å². The fourth-order valence-corrected chi connectivity index (χ4v) is 1.23. The molecule has 0 aromatic carbocycles. The Morgan fingerprint density at radius 1 is 1.60 bits per heavy atom. The van der Waals surface area contributed by atoms with Crippen LogP contribution in [0, 0.1) is 5.41 Å². The molecular weight excluding hydrogens is 190 g/mol. The van der Waals surface area contributed by atoms with Crippen molar-refractivity contribution in [3.8, 4) is 0 Å². The molecule has 1 aliphatic rings. The number of nitrogens with zero attached hydrogens (tertiary/aromatic N) is 2. The molecule has 0 aromatic rings. The highest BCUT2D eigenvalue weighted by atomic mass is 16.2. The molecule has 1 amide bonds. The Morgan fingerprint density at radius 2 is 2.27 bits per heavy atom. The Morgan fingerprint density at radius 3 is 2.67 bits per heavy atom. The number of amidine groups is 1. The molecule has 0 aliphatic carbocycles. The lowest BCUT2D eigenvalue weighted by molar-refractivity contribution is -0.128. The minimum Gasteiger partial charge on any atom is -0.346 e. The monoisotopic (exact) mass is 209 g/mol. The van der Waals surface area contributed by atoms with Crippen LogP contribution in [-0.2, 0) is 4.79 Å². The number of amides is 1. The molecule has 0 saturated carbocycles. The molecule has 0 spiro atoms. The molecule has 0 radical (unpaired) electrons. The van der Waals surface area contributed by atoms with Crippen LogP contribution in [0.1, 0.15) is 34.1 Å². The fraction of sp³-hybridized carbons (Fsp3) is 0.727. The molecule has 15 heavy (non-hydrogen) atoms. The third kappa shape index (κ3) is 3.15. The van der Waals surface area contributed by atoms with E-state index >= 15 is 0 Å². The second-order valence-electron chi connectivity index (χ2n) is 4.69. The second-order valence-corrected chi connectivity index (χ2v) is 4.69. The SMILES string of the molecule is CCC(NC(=O)C(C)(C)C)C1=NCC=N1. The summed E-state index contributed by atoms with van der Waals surface area (Å²) >= 11 is 0. The molecular formula is C11H19N3O. The van der Waals surface area contributed by atoms with Crippen LogP contribution >= 0.6 is 0 Å². The Balaban J connectivity index is 2.62. The van der Waals surface area contributed by atoms with Crippen LogP contribution in [0.2, 0.25) is 0 Å². The summed E-state index contributed by atoms with van der Waals surface area (Å²) in [4.78, 5) is 20.1. The summed E-state index contributed by atoms with van der Waals surface area (Å²) < 4.78 is 0. The number of hydrogen-bond acceptors (Lipinski definition) is 3. The topological polar surface area (TPSA) is 53.8 Å². The number of aliphatic imine (C=N–C) groups is 2. The van der Waals surface area contributed by atoms with Crippen molar-refractivity contribution < 1.29 is 4.79 Å². The number of nitrogens with one attached hydrogen (secondary N) is 1. The summed E-state index contributed by atoms with van der Waals surface area (Å²) in [6.07, 6.45) is 2.58. The molecule has 0 aromatic heterocycles. The van der Waals surface area contributed by atoms with Gasteiger partial charge in [-0.25, -0.2) is 4.99 Å². The van der Waals surface area contributed by atoms with Gasteiger partial charge in [0.25, 0.3) is 0 Å². The summed E-state index contributed by atoms with van der Waals surface area (Å²) in [5, 5.41) is 2.97. The average Bonchev–Trinajstić information content (AvgIpc) is 2.64. The van der Waals surface area contributed by atoms with E-state index in [0.717, 1.165) is 12.3 Å². The first-order chi connectivity index (χ1) is 6.95. The van der Waals surface area contributed by atoms with E-state index in [0.29, 0.717) is 6.54 Å². The van der Waals surface area contributed by atoms with E-state index in [-0.39, 0.29) is 17.4 Å². The van der Waals surface area contributed by atoms with E-state index in [1.807, 2.05) is 27.7 Å². The minimum atomic E-state index is -0.365. The predicted molar refractivity (Wildman–Crippen MR) is 62.5 cm³/mol. The van der Waals surface area contributed by atoms with Crippen LogP contribution in [0.15, 0.2) is 9.98 Å².